The summed E-state index contributed by atoms with van der Waals surface area (Å²) in [7, 11) is 0. The Bertz CT molecular complexity index is 1060. The van der Waals surface area contributed by atoms with Crippen molar-refractivity contribution in [3.05, 3.63) is 81.9 Å². The predicted molar refractivity (Wildman–Crippen MR) is 121 cm³/mol. The zero-order valence-corrected chi connectivity index (χ0v) is 18.3. The lowest BCUT2D eigenvalue weighted by Crippen LogP contribution is -2.24. The summed E-state index contributed by atoms with van der Waals surface area (Å²) < 4.78 is 5.29. The molecule has 0 aliphatic heterocycles. The molecular weight excluding hydrogens is 396 g/mol. The first-order chi connectivity index (χ1) is 14.3. The fourth-order valence-corrected chi connectivity index (χ4v) is 4.16. The third kappa shape index (κ3) is 5.21. The van der Waals surface area contributed by atoms with Crippen LogP contribution < -0.4 is 4.90 Å². The van der Waals surface area contributed by atoms with E-state index in [9.17, 15) is 9.59 Å². The Labute approximate surface area is 180 Å². The van der Waals surface area contributed by atoms with Gasteiger partial charge in [-0.25, -0.2) is 9.78 Å². The van der Waals surface area contributed by atoms with E-state index >= 15 is 0 Å². The Kier molecular flexibility index (Phi) is 6.79. The predicted octanol–water partition coefficient (Wildman–Crippen LogP) is 5.51. The van der Waals surface area contributed by atoms with Crippen molar-refractivity contribution in [1.29, 1.82) is 0 Å². The van der Waals surface area contributed by atoms with E-state index in [-0.39, 0.29) is 12.5 Å². The molecule has 1 amide bonds. The molecule has 0 atom stereocenters. The lowest BCUT2D eigenvalue weighted by atomic mass is 10.0. The number of carbonyl (C=O) groups is 2. The van der Waals surface area contributed by atoms with Crippen LogP contribution >= 0.6 is 11.3 Å². The van der Waals surface area contributed by atoms with Crippen LogP contribution in [-0.4, -0.2) is 16.9 Å². The zero-order chi connectivity index (χ0) is 21.7. The first-order valence-electron chi connectivity index (χ1n) is 9.58. The maximum atomic E-state index is 12.4. The SMILES string of the molecule is CC(=O)N(c1nc(COC(=O)/C=C/c2ccccc2)cs1)c1c(C)cc(C)cc1C. The van der Waals surface area contributed by atoms with Gasteiger partial charge in [-0.05, 0) is 43.5 Å². The number of rotatable bonds is 6. The van der Waals surface area contributed by atoms with Crippen molar-refractivity contribution in [3.8, 4) is 0 Å². The Hall–Kier alpha value is -3.25. The number of nitrogens with zero attached hydrogens (tertiary/aromatic N) is 2. The van der Waals surface area contributed by atoms with E-state index in [1.54, 1.807) is 16.4 Å². The second kappa shape index (κ2) is 9.50. The highest BCUT2D eigenvalue weighted by Gasteiger charge is 2.22. The highest BCUT2D eigenvalue weighted by atomic mass is 32.1. The summed E-state index contributed by atoms with van der Waals surface area (Å²) in [5.74, 6) is -0.559. The largest absolute Gasteiger partial charge is 0.456 e. The summed E-state index contributed by atoms with van der Waals surface area (Å²) in [5.41, 5.74) is 5.54. The lowest BCUT2D eigenvalue weighted by Gasteiger charge is -2.23. The van der Waals surface area contributed by atoms with Crippen molar-refractivity contribution in [2.24, 2.45) is 0 Å². The van der Waals surface area contributed by atoms with Gasteiger partial charge in [0, 0.05) is 18.4 Å². The normalized spacial score (nSPS) is 10.9. The molecule has 3 rings (SSSR count). The van der Waals surface area contributed by atoms with Gasteiger partial charge in [-0.2, -0.15) is 0 Å². The van der Waals surface area contributed by atoms with Crippen LogP contribution in [0.15, 0.2) is 53.9 Å². The molecule has 0 spiro atoms. The van der Waals surface area contributed by atoms with E-state index in [0.717, 1.165) is 27.9 Å². The quantitative estimate of drug-likeness (QED) is 0.390. The monoisotopic (exact) mass is 420 g/mol. The van der Waals surface area contributed by atoms with Crippen LogP contribution in [0.4, 0.5) is 10.8 Å². The third-order valence-corrected chi connectivity index (χ3v) is 5.35. The van der Waals surface area contributed by atoms with Crippen molar-refractivity contribution in [1.82, 2.24) is 4.98 Å². The highest BCUT2D eigenvalue weighted by molar-refractivity contribution is 7.14. The topological polar surface area (TPSA) is 59.5 Å². The Morgan fingerprint density at radius 3 is 2.40 bits per heavy atom. The summed E-state index contributed by atoms with van der Waals surface area (Å²) in [6.07, 6.45) is 3.10. The van der Waals surface area contributed by atoms with Crippen molar-refractivity contribution in [3.63, 3.8) is 0 Å². The van der Waals surface area contributed by atoms with Crippen molar-refractivity contribution in [2.75, 3.05) is 4.90 Å². The molecule has 6 heteroatoms. The van der Waals surface area contributed by atoms with Gasteiger partial charge in [0.2, 0.25) is 5.91 Å². The Morgan fingerprint density at radius 1 is 1.10 bits per heavy atom. The third-order valence-electron chi connectivity index (χ3n) is 4.48. The number of thiazole rings is 1. The number of carbonyl (C=O) groups excluding carboxylic acids is 2. The van der Waals surface area contributed by atoms with Crippen LogP contribution in [-0.2, 0) is 20.9 Å². The maximum absolute atomic E-state index is 12.4. The molecule has 0 aliphatic carbocycles. The van der Waals surface area contributed by atoms with E-state index in [4.69, 9.17) is 4.74 Å². The van der Waals surface area contributed by atoms with Gasteiger partial charge in [-0.15, -0.1) is 11.3 Å². The van der Waals surface area contributed by atoms with Crippen LogP contribution in [0.3, 0.4) is 0 Å². The average Bonchev–Trinajstić information content (AvgIpc) is 3.16. The smallest absolute Gasteiger partial charge is 0.331 e. The molecular formula is C24H24N2O3S. The lowest BCUT2D eigenvalue weighted by molar-refractivity contribution is -0.139. The van der Waals surface area contributed by atoms with Crippen LogP contribution in [0.2, 0.25) is 0 Å². The molecule has 0 aliphatic rings. The minimum absolute atomic E-state index is 0.0477. The zero-order valence-electron chi connectivity index (χ0n) is 17.5. The molecule has 0 saturated heterocycles. The van der Waals surface area contributed by atoms with Gasteiger partial charge >= 0.3 is 5.97 Å². The number of aryl methyl sites for hydroxylation is 3. The minimum atomic E-state index is -0.443. The van der Waals surface area contributed by atoms with Crippen LogP contribution in [0.1, 0.15) is 34.9 Å². The van der Waals surface area contributed by atoms with Gasteiger partial charge in [0.25, 0.3) is 0 Å². The maximum Gasteiger partial charge on any atom is 0.331 e. The molecule has 0 N–H and O–H groups in total. The standard InChI is InChI=1S/C24H24N2O3S/c1-16-12-17(2)23(18(3)13-16)26(19(4)27)24-25-21(15-30-24)14-29-22(28)11-10-20-8-6-5-7-9-20/h5-13,15H,14H2,1-4H3/b11-10+. The van der Waals surface area contributed by atoms with Crippen molar-refractivity contribution >= 4 is 40.1 Å². The van der Waals surface area contributed by atoms with E-state index in [0.29, 0.717) is 10.8 Å². The second-order valence-corrected chi connectivity index (χ2v) is 7.91. The molecule has 0 bridgehead atoms. The summed E-state index contributed by atoms with van der Waals surface area (Å²) in [6, 6.07) is 13.6. The van der Waals surface area contributed by atoms with Crippen LogP contribution in [0.5, 0.6) is 0 Å². The van der Waals surface area contributed by atoms with Crippen LogP contribution in [0, 0.1) is 20.8 Å². The van der Waals surface area contributed by atoms with Gasteiger partial charge in [0.15, 0.2) is 5.13 Å². The van der Waals surface area contributed by atoms with E-state index < -0.39 is 5.97 Å². The van der Waals surface area contributed by atoms with Gasteiger partial charge in [-0.3, -0.25) is 9.69 Å². The fourth-order valence-electron chi connectivity index (χ4n) is 3.30. The molecule has 0 fully saturated rings. The number of benzene rings is 2. The molecule has 1 heterocycles. The van der Waals surface area contributed by atoms with Gasteiger partial charge in [0.1, 0.15) is 6.61 Å². The first kappa shape index (κ1) is 21.5. The van der Waals surface area contributed by atoms with Gasteiger partial charge in [-0.1, -0.05) is 48.0 Å². The van der Waals surface area contributed by atoms with Crippen molar-refractivity contribution in [2.45, 2.75) is 34.3 Å². The highest BCUT2D eigenvalue weighted by Crippen LogP contribution is 2.34. The Balaban J connectivity index is 1.72. The minimum Gasteiger partial charge on any atom is -0.456 e. The van der Waals surface area contributed by atoms with E-state index in [1.807, 2.05) is 63.2 Å². The van der Waals surface area contributed by atoms with E-state index in [2.05, 4.69) is 4.98 Å². The number of hydrogen-bond acceptors (Lipinski definition) is 5. The molecule has 0 saturated carbocycles. The number of aromatic nitrogens is 1. The molecule has 2 aromatic carbocycles. The number of esters is 1. The molecule has 0 radical (unpaired) electrons. The fraction of sp³-hybridized carbons (Fsp3) is 0.208. The second-order valence-electron chi connectivity index (χ2n) is 7.07. The molecule has 154 valence electrons. The molecule has 0 unspecified atom stereocenters. The summed E-state index contributed by atoms with van der Waals surface area (Å²) in [4.78, 5) is 30.6. The summed E-state index contributed by atoms with van der Waals surface area (Å²) in [5, 5.41) is 2.36. The molecule has 30 heavy (non-hydrogen) atoms. The number of hydrogen-bond donors (Lipinski definition) is 0. The van der Waals surface area contributed by atoms with Gasteiger partial charge < -0.3 is 4.74 Å². The van der Waals surface area contributed by atoms with Crippen molar-refractivity contribution < 1.29 is 14.3 Å². The van der Waals surface area contributed by atoms with Gasteiger partial charge in [0.05, 0.1) is 11.4 Å². The molecule has 3 aromatic rings. The number of ether oxygens (including phenoxy) is 1. The van der Waals surface area contributed by atoms with Crippen LogP contribution in [0.25, 0.3) is 6.08 Å². The summed E-state index contributed by atoms with van der Waals surface area (Å²) in [6.45, 7) is 7.57. The molecule has 5 nitrogen and oxygen atoms in total. The Morgan fingerprint density at radius 2 is 1.77 bits per heavy atom. The average molecular weight is 421 g/mol. The first-order valence-corrected chi connectivity index (χ1v) is 10.5. The number of anilines is 2. The number of amides is 1. The van der Waals surface area contributed by atoms with E-state index in [1.165, 1.54) is 24.3 Å². The summed E-state index contributed by atoms with van der Waals surface area (Å²) >= 11 is 1.35. The molecule has 1 aromatic heterocycles.